The van der Waals surface area contributed by atoms with Crippen LogP contribution in [-0.4, -0.2) is 50.3 Å². The number of carbonyl (C=O) groups is 3. The number of aryl methyl sites for hydroxylation is 1. The standard InChI is InChI=1S/C27H27NO8S/c1-6-35-27(31)23-22(26(30)34-5)25-20(14-28(23)37(32,33)18-10-7-16(4)8-11-18)24(29)19-13-17(15(2)3)9-12-21(19)36-25/h7-15,25H,6H2,1-5H3. The van der Waals surface area contributed by atoms with Crippen molar-refractivity contribution in [2.75, 3.05) is 13.7 Å². The molecule has 4 rings (SSSR count). The Kier molecular flexibility index (Phi) is 6.96. The Hall–Kier alpha value is -3.92. The van der Waals surface area contributed by atoms with Crippen molar-refractivity contribution in [3.63, 3.8) is 0 Å². The summed E-state index contributed by atoms with van der Waals surface area (Å²) in [7, 11) is -3.37. The molecule has 9 nitrogen and oxygen atoms in total. The molecule has 0 aliphatic carbocycles. The molecule has 2 aromatic rings. The molecule has 194 valence electrons. The van der Waals surface area contributed by atoms with Crippen LogP contribution in [0.3, 0.4) is 0 Å². The van der Waals surface area contributed by atoms with Crippen molar-refractivity contribution in [2.24, 2.45) is 0 Å². The zero-order chi connectivity index (χ0) is 27.1. The first-order chi connectivity index (χ1) is 17.5. The molecule has 0 N–H and O–H groups in total. The lowest BCUT2D eigenvalue weighted by molar-refractivity contribution is -0.142. The summed E-state index contributed by atoms with van der Waals surface area (Å²) in [6, 6.07) is 11.0. The van der Waals surface area contributed by atoms with Crippen LogP contribution in [0.2, 0.25) is 0 Å². The van der Waals surface area contributed by atoms with Crippen LogP contribution in [0.15, 0.2) is 70.4 Å². The minimum Gasteiger partial charge on any atom is -0.480 e. The number of Topliss-reactive ketones (excluding diaryl/α,β-unsaturated/α-hetero) is 1. The molecule has 2 aromatic carbocycles. The zero-order valence-electron chi connectivity index (χ0n) is 21.1. The van der Waals surface area contributed by atoms with Crippen molar-refractivity contribution in [1.29, 1.82) is 0 Å². The first-order valence-electron chi connectivity index (χ1n) is 11.7. The van der Waals surface area contributed by atoms with E-state index in [1.165, 1.54) is 12.1 Å². The van der Waals surface area contributed by atoms with Crippen LogP contribution in [0.1, 0.15) is 48.2 Å². The van der Waals surface area contributed by atoms with E-state index >= 15 is 0 Å². The Morgan fingerprint density at radius 2 is 1.76 bits per heavy atom. The van der Waals surface area contributed by atoms with Gasteiger partial charge >= 0.3 is 11.9 Å². The summed E-state index contributed by atoms with van der Waals surface area (Å²) in [5.41, 5.74) is 0.758. The van der Waals surface area contributed by atoms with Crippen molar-refractivity contribution >= 4 is 27.7 Å². The van der Waals surface area contributed by atoms with E-state index in [1.807, 2.05) is 13.8 Å². The number of hydrogen-bond acceptors (Lipinski definition) is 8. The van der Waals surface area contributed by atoms with Crippen LogP contribution in [0, 0.1) is 6.92 Å². The summed E-state index contributed by atoms with van der Waals surface area (Å²) in [6.45, 7) is 7.19. The molecular weight excluding hydrogens is 498 g/mol. The van der Waals surface area contributed by atoms with Gasteiger partial charge in [0.15, 0.2) is 17.6 Å². The fourth-order valence-corrected chi connectivity index (χ4v) is 5.53. The summed E-state index contributed by atoms with van der Waals surface area (Å²) < 4.78 is 44.3. The molecule has 0 bridgehead atoms. The number of methoxy groups -OCH3 is 1. The molecule has 1 atom stereocenters. The highest BCUT2D eigenvalue weighted by molar-refractivity contribution is 7.89. The Morgan fingerprint density at radius 3 is 2.35 bits per heavy atom. The van der Waals surface area contributed by atoms with Gasteiger partial charge in [0.1, 0.15) is 11.3 Å². The molecule has 0 amide bonds. The van der Waals surface area contributed by atoms with Gasteiger partial charge in [-0.25, -0.2) is 22.3 Å². The molecule has 0 spiro atoms. The van der Waals surface area contributed by atoms with Gasteiger partial charge in [0.05, 0.1) is 29.7 Å². The van der Waals surface area contributed by atoms with E-state index in [1.54, 1.807) is 44.2 Å². The summed E-state index contributed by atoms with van der Waals surface area (Å²) in [5.74, 6) is -2.31. The van der Waals surface area contributed by atoms with E-state index in [4.69, 9.17) is 14.2 Å². The van der Waals surface area contributed by atoms with Gasteiger partial charge in [0, 0.05) is 6.20 Å². The number of esters is 2. The van der Waals surface area contributed by atoms with Crippen molar-refractivity contribution in [1.82, 2.24) is 4.31 Å². The highest BCUT2D eigenvalue weighted by Gasteiger charge is 2.48. The number of benzene rings is 2. The van der Waals surface area contributed by atoms with Crippen LogP contribution in [-0.2, 0) is 29.1 Å². The molecule has 10 heteroatoms. The van der Waals surface area contributed by atoms with Gasteiger partial charge in [-0.1, -0.05) is 37.6 Å². The van der Waals surface area contributed by atoms with Crippen molar-refractivity contribution in [3.8, 4) is 5.75 Å². The highest BCUT2D eigenvalue weighted by atomic mass is 32.2. The van der Waals surface area contributed by atoms with Crippen molar-refractivity contribution in [3.05, 3.63) is 82.2 Å². The Balaban J connectivity index is 1.99. The van der Waals surface area contributed by atoms with Crippen molar-refractivity contribution in [2.45, 2.75) is 44.6 Å². The minimum atomic E-state index is -4.46. The lowest BCUT2D eigenvalue weighted by atomic mass is 9.87. The molecule has 0 radical (unpaired) electrons. The number of ketones is 1. The first-order valence-corrected chi connectivity index (χ1v) is 13.1. The lowest BCUT2D eigenvalue weighted by Crippen LogP contribution is -2.45. The maximum absolute atomic E-state index is 13.8. The third-order valence-electron chi connectivity index (χ3n) is 6.15. The zero-order valence-corrected chi connectivity index (χ0v) is 21.9. The van der Waals surface area contributed by atoms with Gasteiger partial charge < -0.3 is 14.2 Å². The monoisotopic (exact) mass is 525 g/mol. The van der Waals surface area contributed by atoms with Gasteiger partial charge in [0.25, 0.3) is 10.0 Å². The van der Waals surface area contributed by atoms with Gasteiger partial charge in [-0.05, 0) is 49.6 Å². The van der Waals surface area contributed by atoms with Crippen LogP contribution in [0.4, 0.5) is 0 Å². The van der Waals surface area contributed by atoms with E-state index in [0.717, 1.165) is 24.4 Å². The van der Waals surface area contributed by atoms with Gasteiger partial charge in [0.2, 0.25) is 0 Å². The molecular formula is C27H27NO8S. The molecule has 2 aliphatic heterocycles. The summed E-state index contributed by atoms with van der Waals surface area (Å²) >= 11 is 0. The molecule has 37 heavy (non-hydrogen) atoms. The molecule has 0 fully saturated rings. The Morgan fingerprint density at radius 1 is 1.08 bits per heavy atom. The number of nitrogens with zero attached hydrogens (tertiary/aromatic N) is 1. The fraction of sp³-hybridized carbons (Fsp3) is 0.296. The molecule has 0 aromatic heterocycles. The third-order valence-corrected chi connectivity index (χ3v) is 7.82. The number of rotatable bonds is 6. The molecule has 1 unspecified atom stereocenters. The van der Waals surface area contributed by atoms with E-state index in [9.17, 15) is 22.8 Å². The Bertz CT molecular complexity index is 1450. The second-order valence-electron chi connectivity index (χ2n) is 8.91. The van der Waals surface area contributed by atoms with Crippen LogP contribution >= 0.6 is 0 Å². The van der Waals surface area contributed by atoms with Gasteiger partial charge in [-0.2, -0.15) is 0 Å². The van der Waals surface area contributed by atoms with E-state index in [-0.39, 0.29) is 34.3 Å². The number of fused-ring (bicyclic) bond motifs is 2. The second-order valence-corrected chi connectivity index (χ2v) is 10.7. The summed E-state index contributed by atoms with van der Waals surface area (Å²) in [6.07, 6.45) is -0.340. The topological polar surface area (TPSA) is 116 Å². The Labute approximate surface area is 215 Å². The van der Waals surface area contributed by atoms with Crippen LogP contribution < -0.4 is 4.74 Å². The lowest BCUT2D eigenvalue weighted by Gasteiger charge is -2.36. The predicted molar refractivity (Wildman–Crippen MR) is 133 cm³/mol. The van der Waals surface area contributed by atoms with E-state index in [2.05, 4.69) is 0 Å². The molecule has 2 aliphatic rings. The third kappa shape index (κ3) is 4.53. The maximum atomic E-state index is 13.8. The number of hydrogen-bond donors (Lipinski definition) is 0. The normalized spacial score (nSPS) is 17.0. The molecule has 0 saturated heterocycles. The van der Waals surface area contributed by atoms with Crippen LogP contribution in [0.5, 0.6) is 5.75 Å². The SMILES string of the molecule is CCOC(=O)C1=C(C(=O)OC)C2Oc3ccc(C(C)C)cc3C(=O)C2=CN1S(=O)(=O)c1ccc(C)cc1. The number of ether oxygens (including phenoxy) is 3. The quantitative estimate of drug-likeness (QED) is 0.525. The van der Waals surface area contributed by atoms with Gasteiger partial charge in [-0.3, -0.25) is 4.79 Å². The fourth-order valence-electron chi connectivity index (χ4n) is 4.15. The average molecular weight is 526 g/mol. The van der Waals surface area contributed by atoms with Crippen LogP contribution in [0.25, 0.3) is 0 Å². The smallest absolute Gasteiger partial charge is 0.356 e. The largest absolute Gasteiger partial charge is 0.480 e. The number of carbonyl (C=O) groups excluding carboxylic acids is 3. The highest BCUT2D eigenvalue weighted by Crippen LogP contribution is 2.41. The summed E-state index contributed by atoms with van der Waals surface area (Å²) in [5, 5.41) is 0. The molecule has 2 heterocycles. The van der Waals surface area contributed by atoms with Crippen molar-refractivity contribution < 1.29 is 37.0 Å². The first kappa shape index (κ1) is 26.2. The van der Waals surface area contributed by atoms with E-state index < -0.39 is 45.1 Å². The van der Waals surface area contributed by atoms with E-state index in [0.29, 0.717) is 4.31 Å². The van der Waals surface area contributed by atoms with Gasteiger partial charge in [-0.15, -0.1) is 0 Å². The second kappa shape index (κ2) is 9.85. The number of sulfonamides is 1. The average Bonchev–Trinajstić information content (AvgIpc) is 2.87. The maximum Gasteiger partial charge on any atom is 0.356 e. The molecule has 0 saturated carbocycles. The predicted octanol–water partition coefficient (Wildman–Crippen LogP) is 3.64. The summed E-state index contributed by atoms with van der Waals surface area (Å²) in [4.78, 5) is 39.7. The minimum absolute atomic E-state index is 0.0863.